The molecule has 0 radical (unpaired) electrons. The van der Waals surface area contributed by atoms with Crippen molar-refractivity contribution in [3.63, 3.8) is 0 Å². The Morgan fingerprint density at radius 2 is 2.05 bits per heavy atom. The first-order valence-corrected chi connectivity index (χ1v) is 7.88. The molecule has 1 aliphatic rings. The first-order valence-electron chi connectivity index (χ1n) is 6.76. The molecule has 0 aromatic heterocycles. The van der Waals surface area contributed by atoms with Crippen LogP contribution in [0.25, 0.3) is 11.1 Å². The third-order valence-electron chi connectivity index (χ3n) is 3.58. The zero-order chi connectivity index (χ0) is 14.8. The maximum absolute atomic E-state index is 12.0. The largest absolute Gasteiger partial charge is 0.488 e. The second-order valence-electron chi connectivity index (χ2n) is 4.97. The van der Waals surface area contributed by atoms with E-state index in [9.17, 15) is 4.79 Å². The summed E-state index contributed by atoms with van der Waals surface area (Å²) in [6, 6.07) is 13.9. The van der Waals surface area contributed by atoms with Crippen LogP contribution in [0.15, 0.2) is 42.5 Å². The zero-order valence-corrected chi connectivity index (χ0v) is 13.2. The highest BCUT2D eigenvalue weighted by atomic mass is 79.9. The average molecular weight is 347 g/mol. The third kappa shape index (κ3) is 2.68. The van der Waals surface area contributed by atoms with Crippen LogP contribution in [0, 0.1) is 0 Å². The minimum absolute atomic E-state index is 0.0643. The van der Waals surface area contributed by atoms with Gasteiger partial charge in [-0.05, 0) is 28.8 Å². The Morgan fingerprint density at radius 1 is 1.29 bits per heavy atom. The van der Waals surface area contributed by atoms with E-state index in [1.807, 2.05) is 36.4 Å². The van der Waals surface area contributed by atoms with Gasteiger partial charge < -0.3 is 9.47 Å². The summed E-state index contributed by atoms with van der Waals surface area (Å²) in [6.45, 7) is 0. The Bertz CT molecular complexity index is 667. The van der Waals surface area contributed by atoms with Crippen LogP contribution in [-0.2, 0) is 11.2 Å². The first-order chi connectivity index (χ1) is 10.2. The molecule has 3 rings (SSSR count). The summed E-state index contributed by atoms with van der Waals surface area (Å²) in [4.78, 5) is 12.0. The van der Waals surface area contributed by atoms with E-state index in [0.29, 0.717) is 11.3 Å². The highest BCUT2D eigenvalue weighted by molar-refractivity contribution is 9.09. The summed E-state index contributed by atoms with van der Waals surface area (Å²) in [6.07, 6.45) is 0.861. The Hall–Kier alpha value is -1.81. The Kier molecular flexibility index (Phi) is 3.97. The summed E-state index contributed by atoms with van der Waals surface area (Å²) < 4.78 is 10.7. The van der Waals surface area contributed by atoms with Crippen LogP contribution in [0.4, 0.5) is 0 Å². The van der Waals surface area contributed by atoms with Gasteiger partial charge in [0.15, 0.2) is 0 Å². The lowest BCUT2D eigenvalue weighted by molar-refractivity contribution is 0.0596. The lowest BCUT2D eigenvalue weighted by atomic mass is 9.97. The molecule has 0 N–H and O–H groups in total. The van der Waals surface area contributed by atoms with Gasteiger partial charge in [0, 0.05) is 11.8 Å². The molecule has 2 aromatic carbocycles. The van der Waals surface area contributed by atoms with Crippen molar-refractivity contribution in [3.05, 3.63) is 53.6 Å². The summed E-state index contributed by atoms with van der Waals surface area (Å²) in [5, 5.41) is 0.739. The number of methoxy groups -OCH3 is 1. The maximum atomic E-state index is 12.0. The van der Waals surface area contributed by atoms with E-state index >= 15 is 0 Å². The topological polar surface area (TPSA) is 35.5 Å². The lowest BCUT2D eigenvalue weighted by Crippen LogP contribution is -2.14. The van der Waals surface area contributed by atoms with E-state index in [0.717, 1.165) is 28.4 Å². The Labute approximate surface area is 132 Å². The zero-order valence-electron chi connectivity index (χ0n) is 11.6. The predicted molar refractivity (Wildman–Crippen MR) is 85.1 cm³/mol. The number of benzene rings is 2. The molecule has 0 bridgehead atoms. The highest BCUT2D eigenvalue weighted by Gasteiger charge is 2.28. The van der Waals surface area contributed by atoms with Crippen LogP contribution >= 0.6 is 15.9 Å². The van der Waals surface area contributed by atoms with Crippen LogP contribution < -0.4 is 4.74 Å². The quantitative estimate of drug-likeness (QED) is 0.625. The molecule has 0 spiro atoms. The number of alkyl halides is 1. The monoisotopic (exact) mass is 346 g/mol. The van der Waals surface area contributed by atoms with Gasteiger partial charge in [-0.25, -0.2) is 4.79 Å². The smallest absolute Gasteiger partial charge is 0.341 e. The molecule has 0 amide bonds. The molecule has 4 heteroatoms. The molecule has 21 heavy (non-hydrogen) atoms. The molecule has 1 aliphatic heterocycles. The normalized spacial score (nSPS) is 16.2. The van der Waals surface area contributed by atoms with Crippen molar-refractivity contribution >= 4 is 21.9 Å². The molecule has 108 valence electrons. The van der Waals surface area contributed by atoms with Crippen LogP contribution in [0.5, 0.6) is 5.75 Å². The van der Waals surface area contributed by atoms with E-state index in [1.54, 1.807) is 0 Å². The van der Waals surface area contributed by atoms with Crippen molar-refractivity contribution < 1.29 is 14.3 Å². The second-order valence-corrected chi connectivity index (χ2v) is 5.62. The minimum Gasteiger partial charge on any atom is -0.488 e. The summed E-state index contributed by atoms with van der Waals surface area (Å²) in [5.41, 5.74) is 3.64. The average Bonchev–Trinajstić information content (AvgIpc) is 2.97. The molecule has 0 saturated carbocycles. The van der Waals surface area contributed by atoms with Crippen LogP contribution in [0.2, 0.25) is 0 Å². The van der Waals surface area contributed by atoms with Gasteiger partial charge in [0.05, 0.1) is 7.11 Å². The van der Waals surface area contributed by atoms with E-state index in [4.69, 9.17) is 9.47 Å². The number of hydrogen-bond acceptors (Lipinski definition) is 3. The van der Waals surface area contributed by atoms with Crippen molar-refractivity contribution in [3.8, 4) is 16.9 Å². The second kappa shape index (κ2) is 5.90. The molecule has 1 heterocycles. The maximum Gasteiger partial charge on any atom is 0.341 e. The van der Waals surface area contributed by atoms with Crippen LogP contribution in [0.1, 0.15) is 15.9 Å². The van der Waals surface area contributed by atoms with Crippen molar-refractivity contribution in [2.75, 3.05) is 12.4 Å². The van der Waals surface area contributed by atoms with Crippen LogP contribution in [-0.4, -0.2) is 24.5 Å². The molecular formula is C17H15BrO3. The summed E-state index contributed by atoms with van der Waals surface area (Å²) in [5.74, 6) is 0.297. The molecule has 1 atom stereocenters. The first kappa shape index (κ1) is 14.1. The standard InChI is InChI=1S/C17H15BrO3/c1-20-17(19)15-9-12(11-5-3-2-4-6-11)7-13-8-14(10-18)21-16(13)15/h2-7,9,14H,8,10H2,1H3. The summed E-state index contributed by atoms with van der Waals surface area (Å²) in [7, 11) is 1.39. The van der Waals surface area contributed by atoms with E-state index < -0.39 is 0 Å². The number of halogens is 1. The number of rotatable bonds is 3. The number of esters is 1. The molecule has 0 saturated heterocycles. The molecule has 1 unspecified atom stereocenters. The third-order valence-corrected chi connectivity index (χ3v) is 4.30. The summed E-state index contributed by atoms with van der Waals surface area (Å²) >= 11 is 3.44. The Balaban J connectivity index is 2.12. The predicted octanol–water partition coefficient (Wildman–Crippen LogP) is 3.84. The van der Waals surface area contributed by atoms with Crippen molar-refractivity contribution in [2.45, 2.75) is 12.5 Å². The van der Waals surface area contributed by atoms with Crippen molar-refractivity contribution in [1.82, 2.24) is 0 Å². The van der Waals surface area contributed by atoms with Gasteiger partial charge in [-0.3, -0.25) is 0 Å². The van der Waals surface area contributed by atoms with Gasteiger partial charge >= 0.3 is 5.97 Å². The number of ether oxygens (including phenoxy) is 2. The lowest BCUT2D eigenvalue weighted by Gasteiger charge is -2.11. The van der Waals surface area contributed by atoms with Crippen molar-refractivity contribution in [2.24, 2.45) is 0 Å². The van der Waals surface area contributed by atoms with E-state index in [2.05, 4.69) is 22.0 Å². The van der Waals surface area contributed by atoms with Crippen LogP contribution in [0.3, 0.4) is 0 Å². The van der Waals surface area contributed by atoms with E-state index in [-0.39, 0.29) is 12.1 Å². The molecule has 3 nitrogen and oxygen atoms in total. The number of carbonyl (C=O) groups excluding carboxylic acids is 1. The number of carbonyl (C=O) groups is 1. The molecular weight excluding hydrogens is 332 g/mol. The van der Waals surface area contributed by atoms with Gasteiger partial charge in [-0.2, -0.15) is 0 Å². The van der Waals surface area contributed by atoms with E-state index in [1.165, 1.54) is 7.11 Å². The van der Waals surface area contributed by atoms with Gasteiger partial charge in [0.2, 0.25) is 0 Å². The fourth-order valence-electron chi connectivity index (χ4n) is 2.58. The molecule has 0 fully saturated rings. The van der Waals surface area contributed by atoms with Gasteiger partial charge in [0.1, 0.15) is 17.4 Å². The molecule has 0 aliphatic carbocycles. The number of fused-ring (bicyclic) bond motifs is 1. The fourth-order valence-corrected chi connectivity index (χ4v) is 2.94. The van der Waals surface area contributed by atoms with Crippen molar-refractivity contribution in [1.29, 1.82) is 0 Å². The number of hydrogen-bond donors (Lipinski definition) is 0. The Morgan fingerprint density at radius 3 is 2.71 bits per heavy atom. The van der Waals surface area contributed by atoms with Gasteiger partial charge in [-0.15, -0.1) is 0 Å². The highest BCUT2D eigenvalue weighted by Crippen LogP contribution is 2.37. The molecule has 2 aromatic rings. The minimum atomic E-state index is -0.362. The fraction of sp³-hybridized carbons (Fsp3) is 0.235. The van der Waals surface area contributed by atoms with Gasteiger partial charge in [0.25, 0.3) is 0 Å². The van der Waals surface area contributed by atoms with Gasteiger partial charge in [-0.1, -0.05) is 46.3 Å². The SMILES string of the molecule is COC(=O)c1cc(-c2ccccc2)cc2c1OC(CBr)C2.